The minimum atomic E-state index is -4.81. The Morgan fingerprint density at radius 1 is 1.19 bits per heavy atom. The highest BCUT2D eigenvalue weighted by Gasteiger charge is 2.34. The monoisotopic (exact) mass is 449 g/mol. The number of hydrogen-bond donors (Lipinski definition) is 0. The predicted octanol–water partition coefficient (Wildman–Crippen LogP) is 3.77. The Kier molecular flexibility index (Phi) is 5.72. The number of fused-ring (bicyclic) bond motifs is 1. The van der Waals surface area contributed by atoms with Crippen molar-refractivity contribution in [2.24, 2.45) is 0 Å². The molecule has 10 heteroatoms. The van der Waals surface area contributed by atoms with Crippen molar-refractivity contribution < 1.29 is 27.1 Å². The lowest BCUT2D eigenvalue weighted by Crippen LogP contribution is -2.40. The Hall–Kier alpha value is -3.27. The first-order valence-corrected chi connectivity index (χ1v) is 9.91. The number of halogens is 4. The first-order valence-electron chi connectivity index (χ1n) is 9.91. The van der Waals surface area contributed by atoms with Crippen LogP contribution in [-0.4, -0.2) is 46.5 Å². The van der Waals surface area contributed by atoms with E-state index >= 15 is 0 Å². The van der Waals surface area contributed by atoms with Gasteiger partial charge in [0.05, 0.1) is 5.56 Å². The number of benzene rings is 1. The second-order valence-electron chi connectivity index (χ2n) is 7.55. The normalized spacial score (nSPS) is 15.2. The molecule has 3 aromatic rings. The molecule has 0 atom stereocenters. The standard InChI is InChI=1S/C22H19F4N3O3/c1-28(14-6-9-32-10-7-14)21(31)16-5-4-13(11-17(16)23)15-3-2-8-29-19(30)12-18(22(24,25)26)27-20(15)29/h2-5,8,11-12,14H,6-7,9-10H2,1H3. The number of ether oxygens (including phenoxy) is 1. The van der Waals surface area contributed by atoms with Crippen molar-refractivity contribution in [2.75, 3.05) is 20.3 Å². The average molecular weight is 449 g/mol. The second-order valence-corrected chi connectivity index (χ2v) is 7.55. The van der Waals surface area contributed by atoms with Gasteiger partial charge in [0.15, 0.2) is 5.69 Å². The maximum atomic E-state index is 14.9. The molecule has 0 aliphatic carbocycles. The lowest BCUT2D eigenvalue weighted by molar-refractivity contribution is -0.141. The summed E-state index contributed by atoms with van der Waals surface area (Å²) >= 11 is 0. The highest BCUT2D eigenvalue weighted by Crippen LogP contribution is 2.30. The van der Waals surface area contributed by atoms with E-state index in [0.29, 0.717) is 32.1 Å². The fourth-order valence-electron chi connectivity index (χ4n) is 3.78. The molecule has 0 spiro atoms. The first-order chi connectivity index (χ1) is 15.2. The zero-order valence-electron chi connectivity index (χ0n) is 17.0. The first kappa shape index (κ1) is 21.9. The van der Waals surface area contributed by atoms with Crippen molar-refractivity contribution in [3.8, 4) is 11.1 Å². The van der Waals surface area contributed by atoms with Crippen molar-refractivity contribution in [1.82, 2.24) is 14.3 Å². The molecule has 32 heavy (non-hydrogen) atoms. The molecule has 1 amide bonds. The van der Waals surface area contributed by atoms with Crippen LogP contribution in [0.5, 0.6) is 0 Å². The molecule has 6 nitrogen and oxygen atoms in total. The molecule has 1 aromatic carbocycles. The van der Waals surface area contributed by atoms with E-state index in [1.165, 1.54) is 35.4 Å². The number of carbonyl (C=O) groups excluding carboxylic acids is 1. The van der Waals surface area contributed by atoms with E-state index in [1.807, 2.05) is 0 Å². The largest absolute Gasteiger partial charge is 0.433 e. The van der Waals surface area contributed by atoms with E-state index in [9.17, 15) is 27.2 Å². The minimum absolute atomic E-state index is 0.0646. The molecule has 0 saturated carbocycles. The highest BCUT2D eigenvalue weighted by molar-refractivity contribution is 5.95. The van der Waals surface area contributed by atoms with E-state index in [-0.39, 0.29) is 28.4 Å². The van der Waals surface area contributed by atoms with Crippen LogP contribution in [0.15, 0.2) is 47.4 Å². The molecule has 2 aromatic heterocycles. The van der Waals surface area contributed by atoms with Crippen molar-refractivity contribution in [1.29, 1.82) is 0 Å². The molecule has 1 aliphatic rings. The van der Waals surface area contributed by atoms with Crippen LogP contribution in [0.2, 0.25) is 0 Å². The molecule has 168 valence electrons. The third-order valence-electron chi connectivity index (χ3n) is 5.55. The topological polar surface area (TPSA) is 63.9 Å². The Morgan fingerprint density at radius 2 is 1.91 bits per heavy atom. The summed E-state index contributed by atoms with van der Waals surface area (Å²) in [6, 6.07) is 7.01. The summed E-state index contributed by atoms with van der Waals surface area (Å²) in [6.45, 7) is 1.05. The predicted molar refractivity (Wildman–Crippen MR) is 108 cm³/mol. The second kappa shape index (κ2) is 8.34. The number of hydrogen-bond acceptors (Lipinski definition) is 4. The molecule has 0 radical (unpaired) electrons. The summed E-state index contributed by atoms with van der Waals surface area (Å²) in [5.74, 6) is -1.31. The van der Waals surface area contributed by atoms with Crippen molar-refractivity contribution in [2.45, 2.75) is 25.1 Å². The van der Waals surface area contributed by atoms with Crippen molar-refractivity contribution >= 4 is 11.6 Å². The van der Waals surface area contributed by atoms with Gasteiger partial charge in [0.1, 0.15) is 11.5 Å². The molecule has 0 unspecified atom stereocenters. The van der Waals surface area contributed by atoms with Gasteiger partial charge < -0.3 is 9.64 Å². The Balaban J connectivity index is 1.74. The number of pyridine rings is 1. The van der Waals surface area contributed by atoms with E-state index in [0.717, 1.165) is 10.5 Å². The van der Waals surface area contributed by atoms with Gasteiger partial charge in [-0.3, -0.25) is 14.0 Å². The molecular formula is C22H19F4N3O3. The van der Waals surface area contributed by atoms with Crippen LogP contribution in [-0.2, 0) is 10.9 Å². The Morgan fingerprint density at radius 3 is 2.56 bits per heavy atom. The van der Waals surface area contributed by atoms with Gasteiger partial charge >= 0.3 is 6.18 Å². The third-order valence-corrected chi connectivity index (χ3v) is 5.55. The molecule has 1 fully saturated rings. The summed E-state index contributed by atoms with van der Waals surface area (Å²) in [4.78, 5) is 30.0. The fraction of sp³-hybridized carbons (Fsp3) is 0.318. The van der Waals surface area contributed by atoms with Gasteiger partial charge in [-0.15, -0.1) is 0 Å². The number of aromatic nitrogens is 2. The fourth-order valence-corrected chi connectivity index (χ4v) is 3.78. The summed E-state index contributed by atoms with van der Waals surface area (Å²) < 4.78 is 60.6. The summed E-state index contributed by atoms with van der Waals surface area (Å²) in [5, 5.41) is 0. The number of nitrogens with zero attached hydrogens (tertiary/aromatic N) is 3. The molecular weight excluding hydrogens is 430 g/mol. The quantitative estimate of drug-likeness (QED) is 0.571. The van der Waals surface area contributed by atoms with E-state index in [1.54, 1.807) is 7.05 Å². The smallest absolute Gasteiger partial charge is 0.381 e. The lowest BCUT2D eigenvalue weighted by atomic mass is 10.0. The number of amides is 1. The summed E-state index contributed by atoms with van der Waals surface area (Å²) in [5.41, 5.74) is -2.33. The lowest BCUT2D eigenvalue weighted by Gasteiger charge is -2.31. The third kappa shape index (κ3) is 4.10. The zero-order chi connectivity index (χ0) is 23.0. The maximum absolute atomic E-state index is 14.9. The van der Waals surface area contributed by atoms with E-state index in [4.69, 9.17) is 4.74 Å². The molecule has 0 N–H and O–H groups in total. The van der Waals surface area contributed by atoms with Crippen LogP contribution < -0.4 is 5.56 Å². The molecule has 4 rings (SSSR count). The van der Waals surface area contributed by atoms with Crippen molar-refractivity contribution in [3.63, 3.8) is 0 Å². The van der Waals surface area contributed by atoms with Crippen LogP contribution >= 0.6 is 0 Å². The van der Waals surface area contributed by atoms with Crippen LogP contribution in [0.3, 0.4) is 0 Å². The maximum Gasteiger partial charge on any atom is 0.433 e. The van der Waals surface area contributed by atoms with Crippen LogP contribution in [0.1, 0.15) is 28.9 Å². The zero-order valence-corrected chi connectivity index (χ0v) is 17.0. The van der Waals surface area contributed by atoms with Gasteiger partial charge in [0.25, 0.3) is 11.5 Å². The number of carbonyl (C=O) groups is 1. The molecule has 3 heterocycles. The van der Waals surface area contributed by atoms with Gasteiger partial charge in [-0.2, -0.15) is 13.2 Å². The summed E-state index contributed by atoms with van der Waals surface area (Å²) in [7, 11) is 1.60. The van der Waals surface area contributed by atoms with Crippen LogP contribution in [0.4, 0.5) is 17.6 Å². The van der Waals surface area contributed by atoms with Crippen molar-refractivity contribution in [3.05, 3.63) is 70.0 Å². The van der Waals surface area contributed by atoms with Gasteiger partial charge in [-0.1, -0.05) is 6.07 Å². The van der Waals surface area contributed by atoms with Gasteiger partial charge in [-0.25, -0.2) is 9.37 Å². The van der Waals surface area contributed by atoms with Gasteiger partial charge in [-0.05, 0) is 42.7 Å². The Bertz CT molecular complexity index is 1230. The summed E-state index contributed by atoms with van der Waals surface area (Å²) in [6.07, 6.45) is -2.22. The Labute approximate surface area is 180 Å². The highest BCUT2D eigenvalue weighted by atomic mass is 19.4. The van der Waals surface area contributed by atoms with Crippen LogP contribution in [0, 0.1) is 5.82 Å². The van der Waals surface area contributed by atoms with Gasteiger partial charge in [0, 0.05) is 44.1 Å². The molecule has 1 aliphatic heterocycles. The minimum Gasteiger partial charge on any atom is -0.381 e. The van der Waals surface area contributed by atoms with Crippen LogP contribution in [0.25, 0.3) is 16.8 Å². The molecule has 0 bridgehead atoms. The average Bonchev–Trinajstić information content (AvgIpc) is 2.77. The van der Waals surface area contributed by atoms with Gasteiger partial charge in [0.2, 0.25) is 0 Å². The number of alkyl halides is 3. The molecule has 1 saturated heterocycles. The van der Waals surface area contributed by atoms with E-state index in [2.05, 4.69) is 4.98 Å². The van der Waals surface area contributed by atoms with E-state index < -0.39 is 29.2 Å². The number of rotatable bonds is 3. The SMILES string of the molecule is CN(C(=O)c1ccc(-c2cccn3c(=O)cc(C(F)(F)F)nc23)cc1F)C1CCOCC1.